The van der Waals surface area contributed by atoms with Gasteiger partial charge in [-0.1, -0.05) is 24.3 Å². The van der Waals surface area contributed by atoms with Crippen LogP contribution in [0.5, 0.6) is 0 Å². The summed E-state index contributed by atoms with van der Waals surface area (Å²) in [7, 11) is -3.68. The minimum absolute atomic E-state index is 0.183. The third-order valence-electron chi connectivity index (χ3n) is 6.18. The lowest BCUT2D eigenvalue weighted by molar-refractivity contribution is 0.249. The maximum atomic E-state index is 12.9. The highest BCUT2D eigenvalue weighted by Crippen LogP contribution is 2.23. The molecule has 1 atom stereocenters. The number of aryl methyl sites for hydroxylation is 1. The van der Waals surface area contributed by atoms with Gasteiger partial charge in [0, 0.05) is 48.5 Å². The van der Waals surface area contributed by atoms with Crippen LogP contribution in [0.15, 0.2) is 53.4 Å². The Kier molecular flexibility index (Phi) is 8.69. The van der Waals surface area contributed by atoms with Crippen molar-refractivity contribution in [1.82, 2.24) is 19.9 Å². The van der Waals surface area contributed by atoms with Gasteiger partial charge in [-0.3, -0.25) is 9.88 Å². The zero-order valence-corrected chi connectivity index (χ0v) is 22.3. The number of hydrogen-bond donors (Lipinski definition) is 3. The predicted octanol–water partition coefficient (Wildman–Crippen LogP) is 4.20. The molecule has 0 radical (unpaired) electrons. The lowest BCUT2D eigenvalue weighted by Gasteiger charge is -2.18. The molecule has 4 rings (SSSR count). The standard InChI is InChI=1S/C25H29Cl2N5O3S/c1-17-12-24(22-4-2-3-5-23(22)29-17)30-25(33)28-9-11-32-10-8-20(16-32)31-36(34,35)21-7-6-18(14-26)19(13-21)15-27/h2-7,12-13,20,31H,8-11,14-16H2,1H3,(H2,28,29,30,33). The van der Waals surface area contributed by atoms with Gasteiger partial charge in [-0.2, -0.15) is 0 Å². The molecule has 2 amide bonds. The lowest BCUT2D eigenvalue weighted by atomic mass is 10.1. The number of anilines is 1. The number of likely N-dealkylation sites (tertiary alicyclic amines) is 1. The number of aromatic nitrogens is 1. The van der Waals surface area contributed by atoms with Gasteiger partial charge in [0.2, 0.25) is 10.0 Å². The van der Waals surface area contributed by atoms with Crippen LogP contribution in [0.1, 0.15) is 23.2 Å². The molecule has 36 heavy (non-hydrogen) atoms. The van der Waals surface area contributed by atoms with E-state index < -0.39 is 10.0 Å². The summed E-state index contributed by atoms with van der Waals surface area (Å²) < 4.78 is 28.6. The molecule has 3 aromatic rings. The molecule has 0 saturated carbocycles. The summed E-state index contributed by atoms with van der Waals surface area (Å²) in [4.78, 5) is 19.3. The van der Waals surface area contributed by atoms with E-state index in [1.807, 2.05) is 37.3 Å². The van der Waals surface area contributed by atoms with E-state index in [1.165, 1.54) is 0 Å². The summed E-state index contributed by atoms with van der Waals surface area (Å²) in [6, 6.07) is 13.8. The Bertz CT molecular complexity index is 1350. The van der Waals surface area contributed by atoms with E-state index >= 15 is 0 Å². The average Bonchev–Trinajstić information content (AvgIpc) is 3.29. The van der Waals surface area contributed by atoms with Crippen LogP contribution in [0, 0.1) is 6.92 Å². The van der Waals surface area contributed by atoms with Crippen LogP contribution in [0.3, 0.4) is 0 Å². The number of fused-ring (bicyclic) bond motifs is 1. The normalized spacial score (nSPS) is 16.4. The van der Waals surface area contributed by atoms with E-state index in [-0.39, 0.29) is 28.7 Å². The second-order valence-corrected chi connectivity index (χ2v) is 11.1. The monoisotopic (exact) mass is 549 g/mol. The zero-order valence-electron chi connectivity index (χ0n) is 19.9. The molecule has 11 heteroatoms. The molecule has 3 N–H and O–H groups in total. The number of halogens is 2. The van der Waals surface area contributed by atoms with E-state index in [1.54, 1.807) is 18.2 Å². The van der Waals surface area contributed by atoms with Crippen molar-refractivity contribution in [1.29, 1.82) is 0 Å². The van der Waals surface area contributed by atoms with Gasteiger partial charge in [0.05, 0.1) is 16.1 Å². The Morgan fingerprint density at radius 2 is 1.89 bits per heavy atom. The summed E-state index contributed by atoms with van der Waals surface area (Å²) in [6.45, 7) is 4.25. The van der Waals surface area contributed by atoms with Gasteiger partial charge in [-0.05, 0) is 55.3 Å². The van der Waals surface area contributed by atoms with Crippen molar-refractivity contribution in [3.63, 3.8) is 0 Å². The molecule has 2 aromatic carbocycles. The van der Waals surface area contributed by atoms with Crippen LogP contribution < -0.4 is 15.4 Å². The summed E-state index contributed by atoms with van der Waals surface area (Å²) >= 11 is 11.9. The number of urea groups is 1. The summed E-state index contributed by atoms with van der Waals surface area (Å²) in [5, 5.41) is 6.67. The van der Waals surface area contributed by atoms with Crippen molar-refractivity contribution in [2.75, 3.05) is 31.5 Å². The molecule has 1 aliphatic rings. The number of carbonyl (C=O) groups is 1. The maximum Gasteiger partial charge on any atom is 0.319 e. The predicted molar refractivity (Wildman–Crippen MR) is 144 cm³/mol. The van der Waals surface area contributed by atoms with E-state index in [9.17, 15) is 13.2 Å². The Morgan fingerprint density at radius 1 is 1.11 bits per heavy atom. The summed E-state index contributed by atoms with van der Waals surface area (Å²) in [6.07, 6.45) is 0.690. The first-order valence-electron chi connectivity index (χ1n) is 11.7. The van der Waals surface area contributed by atoms with Crippen molar-refractivity contribution < 1.29 is 13.2 Å². The fourth-order valence-electron chi connectivity index (χ4n) is 4.35. The Labute approximate surface area is 221 Å². The summed E-state index contributed by atoms with van der Waals surface area (Å²) in [5.74, 6) is 0.471. The highest BCUT2D eigenvalue weighted by atomic mass is 35.5. The van der Waals surface area contributed by atoms with Gasteiger partial charge < -0.3 is 10.6 Å². The van der Waals surface area contributed by atoms with Crippen molar-refractivity contribution >= 4 is 55.8 Å². The van der Waals surface area contributed by atoms with Gasteiger partial charge in [-0.15, -0.1) is 23.2 Å². The van der Waals surface area contributed by atoms with E-state index in [0.717, 1.165) is 28.7 Å². The molecule has 0 bridgehead atoms. The highest BCUT2D eigenvalue weighted by molar-refractivity contribution is 7.89. The molecule has 192 valence electrons. The van der Waals surface area contributed by atoms with Gasteiger partial charge in [0.25, 0.3) is 0 Å². The number of alkyl halides is 2. The number of rotatable bonds is 9. The first-order valence-corrected chi connectivity index (χ1v) is 14.2. The number of nitrogens with one attached hydrogen (secondary N) is 3. The van der Waals surface area contributed by atoms with Gasteiger partial charge in [0.15, 0.2) is 0 Å². The third kappa shape index (κ3) is 6.46. The van der Waals surface area contributed by atoms with Crippen molar-refractivity contribution in [3.8, 4) is 0 Å². The molecule has 0 aliphatic carbocycles. The van der Waals surface area contributed by atoms with Crippen LogP contribution >= 0.6 is 23.2 Å². The lowest BCUT2D eigenvalue weighted by Crippen LogP contribution is -2.39. The van der Waals surface area contributed by atoms with Crippen LogP contribution in [0.25, 0.3) is 10.9 Å². The minimum Gasteiger partial charge on any atom is -0.337 e. The Hall–Kier alpha value is -2.43. The topological polar surface area (TPSA) is 103 Å². The maximum absolute atomic E-state index is 12.9. The van der Waals surface area contributed by atoms with Crippen LogP contribution in [-0.4, -0.2) is 56.6 Å². The minimum atomic E-state index is -3.68. The number of carbonyl (C=O) groups excluding carboxylic acids is 1. The Balaban J connectivity index is 1.26. The molecule has 0 spiro atoms. The Morgan fingerprint density at radius 3 is 2.67 bits per heavy atom. The third-order valence-corrected chi connectivity index (χ3v) is 8.27. The summed E-state index contributed by atoms with van der Waals surface area (Å²) in [5.41, 5.74) is 3.89. The number of sulfonamides is 1. The smallest absolute Gasteiger partial charge is 0.319 e. The second kappa shape index (κ2) is 11.7. The van der Waals surface area contributed by atoms with Crippen molar-refractivity contribution in [2.45, 2.75) is 36.0 Å². The second-order valence-electron chi connectivity index (χ2n) is 8.81. The van der Waals surface area contributed by atoms with E-state index in [2.05, 4.69) is 25.2 Å². The van der Waals surface area contributed by atoms with Crippen molar-refractivity contribution in [3.05, 3.63) is 65.4 Å². The highest BCUT2D eigenvalue weighted by Gasteiger charge is 2.27. The molecule has 1 fully saturated rings. The molecular weight excluding hydrogens is 521 g/mol. The van der Waals surface area contributed by atoms with Crippen LogP contribution in [0.4, 0.5) is 10.5 Å². The van der Waals surface area contributed by atoms with E-state index in [4.69, 9.17) is 23.2 Å². The fraction of sp³-hybridized carbons (Fsp3) is 0.360. The zero-order chi connectivity index (χ0) is 25.7. The molecule has 8 nitrogen and oxygen atoms in total. The quantitative estimate of drug-likeness (QED) is 0.347. The molecule has 1 unspecified atom stereocenters. The number of amides is 2. The molecule has 1 aromatic heterocycles. The largest absolute Gasteiger partial charge is 0.337 e. The molecular formula is C25H29Cl2N5O3S. The number of pyridine rings is 1. The first-order chi connectivity index (χ1) is 17.3. The molecule has 2 heterocycles. The molecule has 1 aliphatic heterocycles. The van der Waals surface area contributed by atoms with Crippen molar-refractivity contribution in [2.24, 2.45) is 0 Å². The number of benzene rings is 2. The van der Waals surface area contributed by atoms with Gasteiger partial charge in [-0.25, -0.2) is 17.9 Å². The van der Waals surface area contributed by atoms with Crippen LogP contribution in [-0.2, 0) is 21.8 Å². The van der Waals surface area contributed by atoms with E-state index in [0.29, 0.717) is 37.3 Å². The number of nitrogens with zero attached hydrogens (tertiary/aromatic N) is 2. The SMILES string of the molecule is Cc1cc(NC(=O)NCCN2CCC(NS(=O)(=O)c3ccc(CCl)c(CCl)c3)C2)c2ccccc2n1. The first kappa shape index (κ1) is 26.6. The number of hydrogen-bond acceptors (Lipinski definition) is 5. The molecule has 1 saturated heterocycles. The van der Waals surface area contributed by atoms with Crippen LogP contribution in [0.2, 0.25) is 0 Å². The fourth-order valence-corrected chi connectivity index (χ4v) is 6.17. The van der Waals surface area contributed by atoms with Gasteiger partial charge in [0.1, 0.15) is 0 Å². The number of para-hydroxylation sites is 1. The average molecular weight is 551 g/mol. The van der Waals surface area contributed by atoms with Gasteiger partial charge >= 0.3 is 6.03 Å².